The van der Waals surface area contributed by atoms with E-state index in [1.165, 1.54) is 6.92 Å². The average molecular weight is 367 g/mol. The van der Waals surface area contributed by atoms with Crippen LogP contribution in [0.3, 0.4) is 0 Å². The molecule has 2 N–H and O–H groups in total. The number of aromatic nitrogens is 2. The predicted octanol–water partition coefficient (Wildman–Crippen LogP) is 1.90. The Bertz CT molecular complexity index is 968. The third kappa shape index (κ3) is 3.98. The van der Waals surface area contributed by atoms with Gasteiger partial charge in [-0.15, -0.1) is 0 Å². The number of amides is 1. The molecule has 0 bridgehead atoms. The number of aliphatic hydroxyl groups is 1. The third-order valence-electron chi connectivity index (χ3n) is 4.24. The SMILES string of the molecule is Cc1nn2ccc(OCc3ccccc3)cc2c1C(=O)NC(C)(C=O)CO. The molecule has 0 aliphatic rings. The monoisotopic (exact) mass is 367 g/mol. The minimum Gasteiger partial charge on any atom is -0.489 e. The first-order valence-corrected chi connectivity index (χ1v) is 8.51. The van der Waals surface area contributed by atoms with Crippen LogP contribution in [0.1, 0.15) is 28.5 Å². The van der Waals surface area contributed by atoms with Crippen LogP contribution in [0.2, 0.25) is 0 Å². The van der Waals surface area contributed by atoms with Gasteiger partial charge in [-0.1, -0.05) is 30.3 Å². The number of hydrogen-bond donors (Lipinski definition) is 2. The number of aryl methyl sites for hydroxylation is 1. The molecule has 0 aliphatic carbocycles. The van der Waals surface area contributed by atoms with E-state index in [1.807, 2.05) is 30.3 Å². The van der Waals surface area contributed by atoms with Crippen LogP contribution in [-0.2, 0) is 11.4 Å². The number of rotatable bonds is 7. The van der Waals surface area contributed by atoms with Crippen LogP contribution in [-0.4, -0.2) is 39.1 Å². The maximum absolute atomic E-state index is 12.7. The molecule has 1 unspecified atom stereocenters. The quantitative estimate of drug-likeness (QED) is 0.622. The van der Waals surface area contributed by atoms with E-state index in [0.717, 1.165) is 5.56 Å². The zero-order valence-electron chi connectivity index (χ0n) is 15.2. The number of aliphatic hydroxyl groups excluding tert-OH is 1. The summed E-state index contributed by atoms with van der Waals surface area (Å²) in [4.78, 5) is 23.9. The Hall–Kier alpha value is -3.19. The van der Waals surface area contributed by atoms with E-state index in [9.17, 15) is 14.7 Å². The Morgan fingerprint density at radius 2 is 2.07 bits per heavy atom. The van der Waals surface area contributed by atoms with Crippen molar-refractivity contribution in [3.05, 3.63) is 65.5 Å². The number of carbonyl (C=O) groups excluding carboxylic acids is 2. The number of fused-ring (bicyclic) bond motifs is 1. The van der Waals surface area contributed by atoms with E-state index in [4.69, 9.17) is 4.74 Å². The molecule has 2 heterocycles. The van der Waals surface area contributed by atoms with E-state index in [1.54, 1.807) is 29.8 Å². The second-order valence-corrected chi connectivity index (χ2v) is 6.57. The molecule has 0 spiro atoms. The molecule has 3 rings (SSSR count). The Balaban J connectivity index is 1.88. The zero-order chi connectivity index (χ0) is 19.4. The Morgan fingerprint density at radius 3 is 2.74 bits per heavy atom. The lowest BCUT2D eigenvalue weighted by atomic mass is 10.0. The number of carbonyl (C=O) groups is 2. The summed E-state index contributed by atoms with van der Waals surface area (Å²) in [5.41, 5.74) is 1.09. The third-order valence-corrected chi connectivity index (χ3v) is 4.24. The van der Waals surface area contributed by atoms with Gasteiger partial charge in [0.15, 0.2) is 0 Å². The fourth-order valence-corrected chi connectivity index (χ4v) is 2.68. The van der Waals surface area contributed by atoms with Crippen LogP contribution in [0.15, 0.2) is 48.7 Å². The van der Waals surface area contributed by atoms with E-state index < -0.39 is 18.1 Å². The molecule has 0 fully saturated rings. The number of benzene rings is 1. The molecular weight excluding hydrogens is 346 g/mol. The topological polar surface area (TPSA) is 92.9 Å². The Morgan fingerprint density at radius 1 is 1.33 bits per heavy atom. The second kappa shape index (κ2) is 7.59. The Kier molecular flexibility index (Phi) is 5.23. The lowest BCUT2D eigenvalue weighted by molar-refractivity contribution is -0.113. The van der Waals surface area contributed by atoms with Gasteiger partial charge in [0.2, 0.25) is 0 Å². The second-order valence-electron chi connectivity index (χ2n) is 6.57. The zero-order valence-corrected chi connectivity index (χ0v) is 15.2. The number of pyridine rings is 1. The van der Waals surface area contributed by atoms with Crippen molar-refractivity contribution in [2.45, 2.75) is 26.0 Å². The van der Waals surface area contributed by atoms with Crippen molar-refractivity contribution in [2.24, 2.45) is 0 Å². The maximum atomic E-state index is 12.7. The normalized spacial score (nSPS) is 13.1. The molecule has 2 aromatic heterocycles. The van der Waals surface area contributed by atoms with E-state index in [0.29, 0.717) is 35.4 Å². The van der Waals surface area contributed by atoms with Crippen LogP contribution in [0.5, 0.6) is 5.75 Å². The van der Waals surface area contributed by atoms with Crippen molar-refractivity contribution in [3.8, 4) is 5.75 Å². The smallest absolute Gasteiger partial charge is 0.256 e. The fourth-order valence-electron chi connectivity index (χ4n) is 2.68. The van der Waals surface area contributed by atoms with Crippen LogP contribution in [0.4, 0.5) is 0 Å². The number of hydrogen-bond acceptors (Lipinski definition) is 5. The first-order chi connectivity index (χ1) is 13.0. The molecule has 1 atom stereocenters. The van der Waals surface area contributed by atoms with Gasteiger partial charge in [-0.3, -0.25) is 4.79 Å². The highest BCUT2D eigenvalue weighted by atomic mass is 16.5. The van der Waals surface area contributed by atoms with E-state index in [2.05, 4.69) is 10.4 Å². The van der Waals surface area contributed by atoms with Gasteiger partial charge in [0, 0.05) is 12.3 Å². The molecule has 0 saturated carbocycles. The van der Waals surface area contributed by atoms with Crippen molar-refractivity contribution in [2.75, 3.05) is 6.61 Å². The van der Waals surface area contributed by atoms with Gasteiger partial charge in [0.25, 0.3) is 5.91 Å². The summed E-state index contributed by atoms with van der Waals surface area (Å²) in [6.07, 6.45) is 2.23. The summed E-state index contributed by atoms with van der Waals surface area (Å²) in [5.74, 6) is 0.118. The highest BCUT2D eigenvalue weighted by molar-refractivity contribution is 6.03. The van der Waals surface area contributed by atoms with Gasteiger partial charge in [0.05, 0.1) is 23.4 Å². The van der Waals surface area contributed by atoms with Crippen molar-refractivity contribution >= 4 is 17.7 Å². The van der Waals surface area contributed by atoms with Gasteiger partial charge >= 0.3 is 0 Å². The fraction of sp³-hybridized carbons (Fsp3) is 0.250. The molecule has 1 amide bonds. The predicted molar refractivity (Wildman–Crippen MR) is 99.7 cm³/mol. The first-order valence-electron chi connectivity index (χ1n) is 8.51. The number of aldehydes is 1. The van der Waals surface area contributed by atoms with Gasteiger partial charge in [-0.25, -0.2) is 4.52 Å². The summed E-state index contributed by atoms with van der Waals surface area (Å²) in [7, 11) is 0. The molecule has 27 heavy (non-hydrogen) atoms. The summed E-state index contributed by atoms with van der Waals surface area (Å²) in [6.45, 7) is 3.07. The van der Waals surface area contributed by atoms with Crippen LogP contribution in [0, 0.1) is 6.92 Å². The lowest BCUT2D eigenvalue weighted by Crippen LogP contribution is -2.50. The molecule has 7 heteroatoms. The molecule has 140 valence electrons. The number of nitrogens with one attached hydrogen (secondary N) is 1. The summed E-state index contributed by atoms with van der Waals surface area (Å²) in [6, 6.07) is 13.3. The molecule has 1 aromatic carbocycles. The largest absolute Gasteiger partial charge is 0.489 e. The molecule has 7 nitrogen and oxygen atoms in total. The minimum atomic E-state index is -1.35. The Labute approximate surface area is 156 Å². The van der Waals surface area contributed by atoms with E-state index in [-0.39, 0.29) is 0 Å². The molecular formula is C20H21N3O4. The van der Waals surface area contributed by atoms with Crippen LogP contribution < -0.4 is 10.1 Å². The van der Waals surface area contributed by atoms with Crippen molar-refractivity contribution in [1.29, 1.82) is 0 Å². The average Bonchev–Trinajstić information content (AvgIpc) is 3.02. The van der Waals surface area contributed by atoms with Crippen molar-refractivity contribution in [3.63, 3.8) is 0 Å². The summed E-state index contributed by atoms with van der Waals surface area (Å²) in [5, 5.41) is 16.2. The highest BCUT2D eigenvalue weighted by Crippen LogP contribution is 2.22. The first kappa shape index (κ1) is 18.6. The molecule has 0 saturated heterocycles. The van der Waals surface area contributed by atoms with Gasteiger partial charge in [-0.05, 0) is 25.5 Å². The van der Waals surface area contributed by atoms with Crippen molar-refractivity contribution in [1.82, 2.24) is 14.9 Å². The molecule has 3 aromatic rings. The number of ether oxygens (including phenoxy) is 1. The van der Waals surface area contributed by atoms with Gasteiger partial charge in [0.1, 0.15) is 24.2 Å². The van der Waals surface area contributed by atoms with Gasteiger partial charge < -0.3 is 20.0 Å². The van der Waals surface area contributed by atoms with Crippen LogP contribution >= 0.6 is 0 Å². The summed E-state index contributed by atoms with van der Waals surface area (Å²) >= 11 is 0. The van der Waals surface area contributed by atoms with E-state index >= 15 is 0 Å². The lowest BCUT2D eigenvalue weighted by Gasteiger charge is -2.21. The molecule has 0 radical (unpaired) electrons. The standard InChI is InChI=1S/C20H21N3O4/c1-14-18(19(26)21-20(2,12-24)13-25)17-10-16(8-9-23(17)22-14)27-11-15-6-4-3-5-7-15/h3-10,12,25H,11,13H2,1-2H3,(H,21,26). The van der Waals surface area contributed by atoms with Crippen LogP contribution in [0.25, 0.3) is 5.52 Å². The highest BCUT2D eigenvalue weighted by Gasteiger charge is 2.28. The van der Waals surface area contributed by atoms with Gasteiger partial charge in [-0.2, -0.15) is 5.10 Å². The van der Waals surface area contributed by atoms with Crippen molar-refractivity contribution < 1.29 is 19.4 Å². The minimum absolute atomic E-state index is 0.335. The maximum Gasteiger partial charge on any atom is 0.256 e. The number of nitrogens with zero attached hydrogens (tertiary/aromatic N) is 2. The summed E-state index contributed by atoms with van der Waals surface area (Å²) < 4.78 is 7.40. The molecule has 0 aliphatic heterocycles.